The van der Waals surface area contributed by atoms with Crippen LogP contribution in [0.1, 0.15) is 17.5 Å². The highest BCUT2D eigenvalue weighted by molar-refractivity contribution is 7.94. The molecule has 0 fully saturated rings. The summed E-state index contributed by atoms with van der Waals surface area (Å²) in [6.07, 6.45) is 6.14. The molecule has 0 saturated heterocycles. The molecule has 2 aromatic carbocycles. The minimum absolute atomic E-state index is 0.227. The van der Waals surface area contributed by atoms with Crippen LogP contribution in [0.2, 0.25) is 0 Å². The van der Waals surface area contributed by atoms with Crippen molar-refractivity contribution in [1.82, 2.24) is 0 Å². The van der Waals surface area contributed by atoms with Gasteiger partial charge in [0.2, 0.25) is 11.4 Å². The van der Waals surface area contributed by atoms with Crippen molar-refractivity contribution in [3.05, 3.63) is 94.9 Å². The molecular weight excluding hydrogens is 426 g/mol. The number of carbonyl (C=O) groups excluding carboxylic acids is 1. The van der Waals surface area contributed by atoms with Gasteiger partial charge in [-0.05, 0) is 30.2 Å². The monoisotopic (exact) mass is 451 g/mol. The van der Waals surface area contributed by atoms with Crippen molar-refractivity contribution < 1.29 is 22.7 Å². The van der Waals surface area contributed by atoms with Crippen LogP contribution in [0, 0.1) is 5.92 Å². The molecule has 0 spiro atoms. The highest BCUT2D eigenvalue weighted by Gasteiger charge is 2.56. The van der Waals surface area contributed by atoms with Crippen LogP contribution in [0.25, 0.3) is 0 Å². The third kappa shape index (κ3) is 4.25. The van der Waals surface area contributed by atoms with E-state index in [2.05, 4.69) is 0 Å². The fourth-order valence-corrected chi connectivity index (χ4v) is 5.08. The van der Waals surface area contributed by atoms with Gasteiger partial charge in [-0.1, -0.05) is 60.7 Å². The molecule has 0 aromatic heterocycles. The normalized spacial score (nSPS) is 24.9. The maximum Gasteiger partial charge on any atom is 0.338 e. The number of carbonyl (C=O) groups is 1. The Morgan fingerprint density at radius 2 is 1.78 bits per heavy atom. The van der Waals surface area contributed by atoms with Crippen LogP contribution in [0.5, 0.6) is 0 Å². The number of benzene rings is 2. The molecule has 1 heterocycles. The van der Waals surface area contributed by atoms with E-state index >= 15 is 0 Å². The molecule has 3 atom stereocenters. The number of ether oxygens (including phenoxy) is 2. The number of hydrogen-bond donors (Lipinski definition) is 0. The minimum Gasteiger partial charge on any atom is -0.470 e. The number of rotatable bonds is 6. The number of hydrogen-bond acceptors (Lipinski definition) is 6. The third-order valence-corrected chi connectivity index (χ3v) is 7.08. The summed E-state index contributed by atoms with van der Waals surface area (Å²) in [6, 6.07) is 18.9. The molecule has 1 aliphatic heterocycles. The zero-order valence-corrected chi connectivity index (χ0v) is 18.8. The van der Waals surface area contributed by atoms with Gasteiger partial charge >= 0.3 is 5.97 Å². The van der Waals surface area contributed by atoms with Crippen molar-refractivity contribution >= 4 is 21.7 Å². The van der Waals surface area contributed by atoms with Crippen LogP contribution in [-0.2, 0) is 30.5 Å². The molecule has 2 aliphatic rings. The van der Waals surface area contributed by atoms with Gasteiger partial charge in [0.05, 0.1) is 7.11 Å². The Morgan fingerprint density at radius 3 is 2.41 bits per heavy atom. The molecule has 0 N–H and O–H groups in total. The maximum absolute atomic E-state index is 13.3. The average Bonchev–Trinajstić information content (AvgIpc) is 3.20. The summed E-state index contributed by atoms with van der Waals surface area (Å²) in [4.78, 5) is 18.4. The Hall–Kier alpha value is -3.19. The van der Waals surface area contributed by atoms with Gasteiger partial charge in [-0.3, -0.25) is 0 Å². The predicted octanol–water partition coefficient (Wildman–Crippen LogP) is 3.49. The first-order valence-electron chi connectivity index (χ1n) is 10.4. The second kappa shape index (κ2) is 8.74. The average molecular weight is 452 g/mol. The Kier molecular flexibility index (Phi) is 6.02. The molecule has 32 heavy (non-hydrogen) atoms. The van der Waals surface area contributed by atoms with Crippen LogP contribution in [0.15, 0.2) is 88.8 Å². The number of allylic oxidation sites excluding steroid dienone is 3. The zero-order valence-electron chi connectivity index (χ0n) is 18.0. The fourth-order valence-electron chi connectivity index (χ4n) is 4.26. The van der Waals surface area contributed by atoms with Gasteiger partial charge in [0, 0.05) is 29.1 Å². The Labute approximate surface area is 188 Å². The predicted molar refractivity (Wildman–Crippen MR) is 123 cm³/mol. The molecule has 0 radical (unpaired) electrons. The Bertz CT molecular complexity index is 1190. The molecule has 4 rings (SSSR count). The Morgan fingerprint density at radius 1 is 1.12 bits per heavy atom. The van der Waals surface area contributed by atoms with E-state index in [-0.39, 0.29) is 18.8 Å². The topological polar surface area (TPSA) is 82.0 Å². The molecule has 0 bridgehead atoms. The fraction of sp³-hybridized carbons (Fsp3) is 0.280. The second-order valence-electron chi connectivity index (χ2n) is 8.06. The van der Waals surface area contributed by atoms with Gasteiger partial charge in [0.25, 0.3) is 0 Å². The first-order valence-corrected chi connectivity index (χ1v) is 12.2. The van der Waals surface area contributed by atoms with Crippen molar-refractivity contribution in [3.8, 4) is 0 Å². The van der Waals surface area contributed by atoms with E-state index in [1.54, 1.807) is 12.2 Å². The summed E-state index contributed by atoms with van der Waals surface area (Å²) in [5.41, 5.74) is 0.300. The van der Waals surface area contributed by atoms with E-state index < -0.39 is 27.4 Å². The van der Waals surface area contributed by atoms with Crippen molar-refractivity contribution in [2.24, 2.45) is 10.9 Å². The smallest absolute Gasteiger partial charge is 0.338 e. The first-order chi connectivity index (χ1) is 15.3. The van der Waals surface area contributed by atoms with Gasteiger partial charge in [-0.25, -0.2) is 18.2 Å². The van der Waals surface area contributed by atoms with Crippen LogP contribution in [-0.4, -0.2) is 45.3 Å². The largest absolute Gasteiger partial charge is 0.470 e. The molecule has 2 aromatic rings. The lowest BCUT2D eigenvalue weighted by Gasteiger charge is -2.34. The zero-order chi connectivity index (χ0) is 22.8. The van der Waals surface area contributed by atoms with E-state index in [0.717, 1.165) is 11.1 Å². The number of esters is 1. The maximum atomic E-state index is 13.3. The van der Waals surface area contributed by atoms with Crippen molar-refractivity contribution in [3.63, 3.8) is 0 Å². The van der Waals surface area contributed by atoms with Gasteiger partial charge in [0.15, 0.2) is 9.84 Å². The standard InChI is InChI=1S/C25H25NO5S/c1-30-24(27)25(17-18-10-5-3-6-11-18)22(20-14-9-15-21(16-20)32(2,28)29)31-23(26-25)19-12-7-4-8-13-19/h3-15,20,22H,16-17H2,1-2H3/t20?,22-,25-/m0/s1. The van der Waals surface area contributed by atoms with E-state index in [1.165, 1.54) is 13.4 Å². The number of methoxy groups -OCH3 is 1. The number of aliphatic imine (C=N–C) groups is 1. The number of sulfone groups is 1. The first kappa shape index (κ1) is 22.0. The van der Waals surface area contributed by atoms with Crippen molar-refractivity contribution in [2.45, 2.75) is 24.5 Å². The van der Waals surface area contributed by atoms with Gasteiger partial charge in [-0.2, -0.15) is 0 Å². The van der Waals surface area contributed by atoms with E-state index in [1.807, 2.05) is 66.7 Å². The van der Waals surface area contributed by atoms with Gasteiger partial charge in [-0.15, -0.1) is 0 Å². The van der Waals surface area contributed by atoms with Crippen LogP contribution < -0.4 is 0 Å². The van der Waals surface area contributed by atoms with E-state index in [9.17, 15) is 13.2 Å². The molecule has 166 valence electrons. The molecule has 1 aliphatic carbocycles. The lowest BCUT2D eigenvalue weighted by atomic mass is 9.78. The van der Waals surface area contributed by atoms with Crippen LogP contribution in [0.4, 0.5) is 0 Å². The summed E-state index contributed by atoms with van der Waals surface area (Å²) in [5, 5.41) is 0. The highest BCUT2D eigenvalue weighted by Crippen LogP contribution is 2.41. The van der Waals surface area contributed by atoms with Crippen molar-refractivity contribution in [2.75, 3.05) is 13.4 Å². The van der Waals surface area contributed by atoms with Crippen LogP contribution >= 0.6 is 0 Å². The summed E-state index contributed by atoms with van der Waals surface area (Å²) in [5.74, 6) is -0.542. The Balaban J connectivity index is 1.80. The van der Waals surface area contributed by atoms with Crippen molar-refractivity contribution in [1.29, 1.82) is 0 Å². The summed E-state index contributed by atoms with van der Waals surface area (Å²) >= 11 is 0. The summed E-state index contributed by atoms with van der Waals surface area (Å²) in [6.45, 7) is 0. The molecule has 7 heteroatoms. The van der Waals surface area contributed by atoms with E-state index in [0.29, 0.717) is 10.8 Å². The van der Waals surface area contributed by atoms with Crippen LogP contribution in [0.3, 0.4) is 0 Å². The van der Waals surface area contributed by atoms with E-state index in [4.69, 9.17) is 14.5 Å². The molecule has 0 amide bonds. The SMILES string of the molecule is COC(=O)[C@@]1(Cc2ccccc2)N=C(c2ccccc2)O[C@H]1C1C=CC=C(S(C)(=O)=O)C1. The molecule has 1 unspecified atom stereocenters. The second-order valence-corrected chi connectivity index (χ2v) is 10.1. The molecule has 6 nitrogen and oxygen atoms in total. The minimum atomic E-state index is -3.38. The molecule has 0 saturated carbocycles. The third-order valence-electron chi connectivity index (χ3n) is 5.83. The van der Waals surface area contributed by atoms with Gasteiger partial charge in [0.1, 0.15) is 6.10 Å². The highest BCUT2D eigenvalue weighted by atomic mass is 32.2. The number of nitrogens with zero attached hydrogens (tertiary/aromatic N) is 1. The lowest BCUT2D eigenvalue weighted by molar-refractivity contribution is -0.150. The molecular formula is C25H25NO5S. The lowest BCUT2D eigenvalue weighted by Crippen LogP contribution is -2.51. The van der Waals surface area contributed by atoms with Gasteiger partial charge < -0.3 is 9.47 Å². The summed E-state index contributed by atoms with van der Waals surface area (Å²) < 4.78 is 36.0. The quantitative estimate of drug-likeness (QED) is 0.628. The summed E-state index contributed by atoms with van der Waals surface area (Å²) in [7, 11) is -2.04.